The second-order valence-corrected chi connectivity index (χ2v) is 7.28. The van der Waals surface area contributed by atoms with E-state index in [4.69, 9.17) is 4.52 Å². The average Bonchev–Trinajstić information content (AvgIpc) is 2.52. The largest absolute Gasteiger partial charge is 0.390 e. The fraction of sp³-hybridized carbons (Fsp3) is 0.750. The number of aliphatic hydroxyl groups is 1. The van der Waals surface area contributed by atoms with Gasteiger partial charge in [0.15, 0.2) is 5.76 Å². The Hall–Kier alpha value is -0.920. The van der Waals surface area contributed by atoms with Crippen molar-refractivity contribution in [3.05, 3.63) is 11.5 Å². The first-order valence-corrected chi connectivity index (χ1v) is 7.83. The fourth-order valence-corrected chi connectivity index (χ4v) is 4.22. The minimum absolute atomic E-state index is 0.161. The van der Waals surface area contributed by atoms with Crippen LogP contribution < -0.4 is 0 Å². The lowest BCUT2D eigenvalue weighted by Crippen LogP contribution is -2.34. The number of rotatable bonds is 2. The third-order valence-electron chi connectivity index (χ3n) is 3.59. The number of aryl methyl sites for hydroxylation is 2. The summed E-state index contributed by atoms with van der Waals surface area (Å²) < 4.78 is 31.6. The average molecular weight is 288 g/mol. The Balaban J connectivity index is 2.31. The predicted molar refractivity (Wildman–Crippen MR) is 69.2 cm³/mol. The molecule has 7 heteroatoms. The summed E-state index contributed by atoms with van der Waals surface area (Å²) >= 11 is 0. The van der Waals surface area contributed by atoms with Crippen molar-refractivity contribution in [1.82, 2.24) is 9.46 Å². The van der Waals surface area contributed by atoms with Gasteiger partial charge in [-0.3, -0.25) is 0 Å². The quantitative estimate of drug-likeness (QED) is 0.884. The summed E-state index contributed by atoms with van der Waals surface area (Å²) in [5.41, 5.74) is -0.406. The van der Waals surface area contributed by atoms with Gasteiger partial charge in [-0.05, 0) is 40.0 Å². The molecule has 0 saturated carbocycles. The lowest BCUT2D eigenvalue weighted by Gasteiger charge is -2.22. The zero-order chi connectivity index (χ0) is 14.3. The van der Waals surface area contributed by atoms with Crippen molar-refractivity contribution in [2.45, 2.75) is 50.5 Å². The summed E-state index contributed by atoms with van der Waals surface area (Å²) in [4.78, 5) is 0.161. The molecule has 0 spiro atoms. The molecule has 1 aliphatic rings. The first kappa shape index (κ1) is 14.5. The number of hydrogen-bond acceptors (Lipinski definition) is 5. The van der Waals surface area contributed by atoms with Crippen molar-refractivity contribution < 1.29 is 18.0 Å². The SMILES string of the molecule is Cc1noc(C)c1S(=O)(=O)N1CCCC(C)(O)CC1. The molecule has 0 bridgehead atoms. The number of aromatic nitrogens is 1. The van der Waals surface area contributed by atoms with Crippen LogP contribution in [0.15, 0.2) is 9.42 Å². The topological polar surface area (TPSA) is 83.6 Å². The van der Waals surface area contributed by atoms with Gasteiger partial charge in [0, 0.05) is 13.1 Å². The summed E-state index contributed by atoms with van der Waals surface area (Å²) in [6.45, 7) is 5.71. The highest BCUT2D eigenvalue weighted by Crippen LogP contribution is 2.28. The van der Waals surface area contributed by atoms with Crippen molar-refractivity contribution in [3.63, 3.8) is 0 Å². The van der Waals surface area contributed by atoms with Crippen LogP contribution in [-0.4, -0.2) is 41.7 Å². The fourth-order valence-electron chi connectivity index (χ4n) is 2.45. The van der Waals surface area contributed by atoms with E-state index < -0.39 is 15.6 Å². The Labute approximate surface area is 113 Å². The highest BCUT2D eigenvalue weighted by molar-refractivity contribution is 7.89. The van der Waals surface area contributed by atoms with Crippen LogP contribution in [0.3, 0.4) is 0 Å². The number of sulfonamides is 1. The molecule has 2 rings (SSSR count). The highest BCUT2D eigenvalue weighted by Gasteiger charge is 2.34. The maximum Gasteiger partial charge on any atom is 0.248 e. The molecule has 0 amide bonds. The second kappa shape index (κ2) is 4.88. The monoisotopic (exact) mass is 288 g/mol. The van der Waals surface area contributed by atoms with Crippen molar-refractivity contribution >= 4 is 10.0 Å². The molecule has 1 saturated heterocycles. The number of hydrogen-bond donors (Lipinski definition) is 1. The Bertz CT molecular complexity index is 543. The number of nitrogens with zero attached hydrogens (tertiary/aromatic N) is 2. The van der Waals surface area contributed by atoms with Gasteiger partial charge >= 0.3 is 0 Å². The van der Waals surface area contributed by atoms with Gasteiger partial charge in [-0.2, -0.15) is 4.31 Å². The summed E-state index contributed by atoms with van der Waals surface area (Å²) in [5.74, 6) is 0.313. The third-order valence-corrected chi connectivity index (χ3v) is 5.73. The lowest BCUT2D eigenvalue weighted by molar-refractivity contribution is 0.0465. The molecule has 1 aliphatic heterocycles. The maximum absolute atomic E-state index is 12.6. The Morgan fingerprint density at radius 1 is 1.32 bits per heavy atom. The molecule has 0 aromatic carbocycles. The summed E-state index contributed by atoms with van der Waals surface area (Å²) in [5, 5.41) is 13.7. The predicted octanol–water partition coefficient (Wildman–Crippen LogP) is 1.22. The summed E-state index contributed by atoms with van der Waals surface area (Å²) in [7, 11) is -3.59. The van der Waals surface area contributed by atoms with Gasteiger partial charge in [0.2, 0.25) is 10.0 Å². The van der Waals surface area contributed by atoms with Gasteiger partial charge in [-0.15, -0.1) is 0 Å². The molecule has 108 valence electrons. The molecule has 19 heavy (non-hydrogen) atoms. The van der Waals surface area contributed by atoms with Crippen molar-refractivity contribution in [3.8, 4) is 0 Å². The van der Waals surface area contributed by atoms with E-state index >= 15 is 0 Å². The van der Waals surface area contributed by atoms with Crippen molar-refractivity contribution in [1.29, 1.82) is 0 Å². The summed E-state index contributed by atoms with van der Waals surface area (Å²) in [6, 6.07) is 0. The van der Waals surface area contributed by atoms with Crippen LogP contribution in [0, 0.1) is 13.8 Å². The smallest absolute Gasteiger partial charge is 0.248 e. The molecule has 6 nitrogen and oxygen atoms in total. The van der Waals surface area contributed by atoms with Gasteiger partial charge in [0.1, 0.15) is 10.6 Å². The van der Waals surface area contributed by atoms with E-state index in [2.05, 4.69) is 5.16 Å². The zero-order valence-electron chi connectivity index (χ0n) is 11.5. The lowest BCUT2D eigenvalue weighted by atomic mass is 9.98. The van der Waals surface area contributed by atoms with Crippen molar-refractivity contribution in [2.75, 3.05) is 13.1 Å². The second-order valence-electron chi connectivity index (χ2n) is 5.41. The molecular weight excluding hydrogens is 268 g/mol. The zero-order valence-corrected chi connectivity index (χ0v) is 12.3. The normalized spacial score (nSPS) is 26.3. The Kier molecular flexibility index (Phi) is 3.72. The van der Waals surface area contributed by atoms with Gasteiger partial charge in [-0.25, -0.2) is 8.42 Å². The minimum atomic E-state index is -3.59. The van der Waals surface area contributed by atoms with E-state index in [-0.39, 0.29) is 4.90 Å². The van der Waals surface area contributed by atoms with Gasteiger partial charge in [0.25, 0.3) is 0 Å². The van der Waals surface area contributed by atoms with Crippen LogP contribution >= 0.6 is 0 Å². The molecular formula is C12H20N2O4S. The molecule has 0 aliphatic carbocycles. The molecule has 1 unspecified atom stereocenters. The van der Waals surface area contributed by atoms with E-state index in [0.717, 1.165) is 0 Å². The van der Waals surface area contributed by atoms with Crippen LogP contribution in [-0.2, 0) is 10.0 Å². The molecule has 1 fully saturated rings. The third kappa shape index (κ3) is 2.82. The van der Waals surface area contributed by atoms with E-state index in [1.54, 1.807) is 20.8 Å². The van der Waals surface area contributed by atoms with E-state index in [1.165, 1.54) is 4.31 Å². The van der Waals surface area contributed by atoms with E-state index in [0.29, 0.717) is 43.8 Å². The van der Waals surface area contributed by atoms with Crippen LogP contribution in [0.1, 0.15) is 37.6 Å². The van der Waals surface area contributed by atoms with Crippen LogP contribution in [0.25, 0.3) is 0 Å². The first-order chi connectivity index (χ1) is 8.74. The van der Waals surface area contributed by atoms with Gasteiger partial charge in [0.05, 0.1) is 5.60 Å². The van der Waals surface area contributed by atoms with Gasteiger partial charge in [-0.1, -0.05) is 5.16 Å². The summed E-state index contributed by atoms with van der Waals surface area (Å²) in [6.07, 6.45) is 1.70. The minimum Gasteiger partial charge on any atom is -0.390 e. The Morgan fingerprint density at radius 2 is 2.00 bits per heavy atom. The first-order valence-electron chi connectivity index (χ1n) is 6.39. The van der Waals surface area contributed by atoms with Gasteiger partial charge < -0.3 is 9.63 Å². The standard InChI is InChI=1S/C12H20N2O4S/c1-9-11(10(2)18-13-9)19(16,17)14-7-4-5-12(3,15)6-8-14/h15H,4-8H2,1-3H3. The van der Waals surface area contributed by atoms with Crippen LogP contribution in [0.4, 0.5) is 0 Å². The van der Waals surface area contributed by atoms with Crippen molar-refractivity contribution in [2.24, 2.45) is 0 Å². The molecule has 0 radical (unpaired) electrons. The molecule has 1 atom stereocenters. The molecule has 1 aromatic heterocycles. The van der Waals surface area contributed by atoms with E-state index in [9.17, 15) is 13.5 Å². The van der Waals surface area contributed by atoms with E-state index in [1.807, 2.05) is 0 Å². The highest BCUT2D eigenvalue weighted by atomic mass is 32.2. The molecule has 1 N–H and O–H groups in total. The molecule has 1 aromatic rings. The maximum atomic E-state index is 12.6. The van der Waals surface area contributed by atoms with Crippen LogP contribution in [0.2, 0.25) is 0 Å². The molecule has 2 heterocycles. The Morgan fingerprint density at radius 3 is 2.58 bits per heavy atom. The van der Waals surface area contributed by atoms with Crippen LogP contribution in [0.5, 0.6) is 0 Å².